The van der Waals surface area contributed by atoms with Crippen molar-refractivity contribution < 1.29 is 14.0 Å². The highest BCUT2D eigenvalue weighted by atomic mass is 19.1. The maximum atomic E-state index is 14.1. The lowest BCUT2D eigenvalue weighted by Gasteiger charge is -2.40. The predicted octanol–water partition coefficient (Wildman–Crippen LogP) is 3.48. The molecular formula is C22H25FN4O2. The molecular weight excluding hydrogens is 371 g/mol. The van der Waals surface area contributed by atoms with E-state index < -0.39 is 0 Å². The molecule has 7 heteroatoms. The van der Waals surface area contributed by atoms with Crippen LogP contribution in [0, 0.1) is 5.82 Å². The molecule has 4 rings (SSSR count). The lowest BCUT2D eigenvalue weighted by molar-refractivity contribution is -0.116. The van der Waals surface area contributed by atoms with Gasteiger partial charge in [0, 0.05) is 50.5 Å². The van der Waals surface area contributed by atoms with Gasteiger partial charge in [-0.3, -0.25) is 4.79 Å². The van der Waals surface area contributed by atoms with Gasteiger partial charge in [-0.2, -0.15) is 0 Å². The van der Waals surface area contributed by atoms with Gasteiger partial charge in [0.05, 0.1) is 5.69 Å². The van der Waals surface area contributed by atoms with Crippen molar-refractivity contribution in [2.75, 3.05) is 41.3 Å². The number of hydrogen-bond donors (Lipinski definition) is 1. The number of halogens is 1. The number of carbonyl (C=O) groups excluding carboxylic acids is 2. The summed E-state index contributed by atoms with van der Waals surface area (Å²) in [6, 6.07) is 12.2. The van der Waals surface area contributed by atoms with Crippen LogP contribution in [-0.2, 0) is 11.2 Å². The third kappa shape index (κ3) is 3.77. The fraction of sp³-hybridized carbons (Fsp3) is 0.364. The van der Waals surface area contributed by atoms with E-state index in [2.05, 4.69) is 5.32 Å². The molecule has 1 fully saturated rings. The summed E-state index contributed by atoms with van der Waals surface area (Å²) in [6.45, 7) is 5.89. The SMILES string of the molecule is CC(=O)N1CCc2cc(NC(=O)N3CCN(c4ccccc4F)C[C@@H]3C)ccc21. The Balaban J connectivity index is 1.41. The fourth-order valence-electron chi connectivity index (χ4n) is 4.19. The molecule has 2 aliphatic heterocycles. The molecule has 0 saturated carbocycles. The smallest absolute Gasteiger partial charge is 0.322 e. The number of anilines is 3. The molecule has 0 unspecified atom stereocenters. The van der Waals surface area contributed by atoms with Gasteiger partial charge >= 0.3 is 6.03 Å². The minimum atomic E-state index is -0.240. The van der Waals surface area contributed by atoms with Crippen LogP contribution in [-0.4, -0.2) is 49.1 Å². The normalized spacial score (nSPS) is 18.6. The molecule has 2 aromatic carbocycles. The number of piperazine rings is 1. The molecule has 1 N–H and O–H groups in total. The van der Waals surface area contributed by atoms with Gasteiger partial charge < -0.3 is 20.0 Å². The van der Waals surface area contributed by atoms with E-state index in [1.807, 2.05) is 36.1 Å². The highest BCUT2D eigenvalue weighted by Crippen LogP contribution is 2.31. The van der Waals surface area contributed by atoms with E-state index in [1.54, 1.807) is 28.9 Å². The van der Waals surface area contributed by atoms with E-state index in [4.69, 9.17) is 0 Å². The largest absolute Gasteiger partial charge is 0.365 e. The van der Waals surface area contributed by atoms with Crippen LogP contribution in [0.3, 0.4) is 0 Å². The molecule has 0 spiro atoms. The highest BCUT2D eigenvalue weighted by molar-refractivity contribution is 5.95. The maximum absolute atomic E-state index is 14.1. The number of fused-ring (bicyclic) bond motifs is 1. The van der Waals surface area contributed by atoms with Crippen LogP contribution in [0.1, 0.15) is 19.4 Å². The van der Waals surface area contributed by atoms with Crippen molar-refractivity contribution in [1.82, 2.24) is 4.90 Å². The summed E-state index contributed by atoms with van der Waals surface area (Å²) in [5, 5.41) is 2.97. The van der Waals surface area contributed by atoms with E-state index in [1.165, 1.54) is 6.07 Å². The van der Waals surface area contributed by atoms with Crippen molar-refractivity contribution in [2.45, 2.75) is 26.3 Å². The fourth-order valence-corrected chi connectivity index (χ4v) is 4.19. The van der Waals surface area contributed by atoms with Crippen LogP contribution in [0.2, 0.25) is 0 Å². The number of para-hydroxylation sites is 1. The molecule has 0 aliphatic carbocycles. The third-order valence-electron chi connectivity index (χ3n) is 5.69. The minimum absolute atomic E-state index is 0.0297. The van der Waals surface area contributed by atoms with E-state index in [0.29, 0.717) is 31.9 Å². The average Bonchev–Trinajstić information content (AvgIpc) is 3.11. The average molecular weight is 396 g/mol. The van der Waals surface area contributed by atoms with E-state index in [-0.39, 0.29) is 23.8 Å². The minimum Gasteiger partial charge on any atom is -0.365 e. The van der Waals surface area contributed by atoms with Crippen molar-refractivity contribution in [3.8, 4) is 0 Å². The summed E-state index contributed by atoms with van der Waals surface area (Å²) in [5.74, 6) is -0.211. The molecule has 152 valence electrons. The first kappa shape index (κ1) is 19.2. The first-order valence-electron chi connectivity index (χ1n) is 9.92. The summed E-state index contributed by atoms with van der Waals surface area (Å²) in [6.07, 6.45) is 0.788. The van der Waals surface area contributed by atoms with Gasteiger partial charge in [0.25, 0.3) is 0 Å². The summed E-state index contributed by atoms with van der Waals surface area (Å²) >= 11 is 0. The number of urea groups is 1. The third-order valence-corrected chi connectivity index (χ3v) is 5.69. The number of hydrogen-bond acceptors (Lipinski definition) is 3. The quantitative estimate of drug-likeness (QED) is 0.846. The number of amides is 3. The van der Waals surface area contributed by atoms with Crippen molar-refractivity contribution in [3.05, 3.63) is 53.8 Å². The first-order chi connectivity index (χ1) is 13.9. The van der Waals surface area contributed by atoms with Gasteiger partial charge in [-0.25, -0.2) is 9.18 Å². The Bertz CT molecular complexity index is 948. The second kappa shape index (κ2) is 7.73. The second-order valence-corrected chi connectivity index (χ2v) is 7.63. The topological polar surface area (TPSA) is 55.9 Å². The van der Waals surface area contributed by atoms with Gasteiger partial charge in [-0.05, 0) is 49.2 Å². The number of rotatable bonds is 2. The molecule has 29 heavy (non-hydrogen) atoms. The first-order valence-corrected chi connectivity index (χ1v) is 9.92. The highest BCUT2D eigenvalue weighted by Gasteiger charge is 2.29. The summed E-state index contributed by atoms with van der Waals surface area (Å²) in [4.78, 5) is 30.0. The van der Waals surface area contributed by atoms with Crippen molar-refractivity contribution in [3.63, 3.8) is 0 Å². The van der Waals surface area contributed by atoms with Crippen LogP contribution in [0.25, 0.3) is 0 Å². The molecule has 2 aromatic rings. The second-order valence-electron chi connectivity index (χ2n) is 7.63. The van der Waals surface area contributed by atoms with Crippen molar-refractivity contribution in [2.24, 2.45) is 0 Å². The van der Waals surface area contributed by atoms with Gasteiger partial charge in [0.1, 0.15) is 5.82 Å². The Kier molecular flexibility index (Phi) is 5.13. The van der Waals surface area contributed by atoms with Gasteiger partial charge in [0.2, 0.25) is 5.91 Å². The van der Waals surface area contributed by atoms with Crippen LogP contribution < -0.4 is 15.1 Å². The predicted molar refractivity (Wildman–Crippen MR) is 112 cm³/mol. The molecule has 0 aromatic heterocycles. The molecule has 3 amide bonds. The summed E-state index contributed by atoms with van der Waals surface area (Å²) in [5.41, 5.74) is 3.29. The Labute approximate surface area is 169 Å². The standard InChI is InChI=1S/C22H25FN4O2/c1-15-14-25(21-6-4-3-5-19(21)23)11-12-26(15)22(29)24-18-7-8-20-17(13-18)9-10-27(20)16(2)28/h3-8,13,15H,9-12,14H2,1-2H3,(H,24,29)/t15-/m0/s1. The van der Waals surface area contributed by atoms with Crippen molar-refractivity contribution >= 4 is 29.0 Å². The van der Waals surface area contributed by atoms with Crippen LogP contribution in [0.5, 0.6) is 0 Å². The molecule has 2 heterocycles. The zero-order valence-electron chi connectivity index (χ0n) is 16.7. The molecule has 1 atom stereocenters. The Morgan fingerprint density at radius 1 is 1.07 bits per heavy atom. The van der Waals surface area contributed by atoms with Gasteiger partial charge in [-0.15, -0.1) is 0 Å². The maximum Gasteiger partial charge on any atom is 0.322 e. The zero-order valence-corrected chi connectivity index (χ0v) is 16.7. The van der Waals surface area contributed by atoms with E-state index in [0.717, 1.165) is 23.4 Å². The van der Waals surface area contributed by atoms with E-state index >= 15 is 0 Å². The lowest BCUT2D eigenvalue weighted by atomic mass is 10.1. The number of benzene rings is 2. The number of nitrogens with one attached hydrogen (secondary N) is 1. The molecule has 1 saturated heterocycles. The number of carbonyl (C=O) groups is 2. The molecule has 2 aliphatic rings. The lowest BCUT2D eigenvalue weighted by Crippen LogP contribution is -2.55. The summed E-state index contributed by atoms with van der Waals surface area (Å²) in [7, 11) is 0. The molecule has 6 nitrogen and oxygen atoms in total. The van der Waals surface area contributed by atoms with Gasteiger partial charge in [0.15, 0.2) is 0 Å². The Morgan fingerprint density at radius 2 is 1.86 bits per heavy atom. The molecule has 0 bridgehead atoms. The van der Waals surface area contributed by atoms with Crippen molar-refractivity contribution in [1.29, 1.82) is 0 Å². The molecule has 0 radical (unpaired) electrons. The van der Waals surface area contributed by atoms with Crippen LogP contribution in [0.4, 0.5) is 26.2 Å². The van der Waals surface area contributed by atoms with Crippen LogP contribution in [0.15, 0.2) is 42.5 Å². The van der Waals surface area contributed by atoms with E-state index in [9.17, 15) is 14.0 Å². The Morgan fingerprint density at radius 3 is 2.59 bits per heavy atom. The monoisotopic (exact) mass is 396 g/mol. The summed E-state index contributed by atoms with van der Waals surface area (Å²) < 4.78 is 14.1. The van der Waals surface area contributed by atoms with Crippen LogP contribution >= 0.6 is 0 Å². The number of nitrogens with zero attached hydrogens (tertiary/aromatic N) is 3. The van der Waals surface area contributed by atoms with Gasteiger partial charge in [-0.1, -0.05) is 12.1 Å². The Hall–Kier alpha value is -3.09. The zero-order chi connectivity index (χ0) is 20.5.